The van der Waals surface area contributed by atoms with E-state index in [1.165, 1.54) is 27.4 Å². The van der Waals surface area contributed by atoms with Crippen molar-refractivity contribution in [3.63, 3.8) is 0 Å². The first kappa shape index (κ1) is 21.8. The number of aromatic nitrogens is 3. The number of nitrogens with two attached hydrogens (primary N) is 1. The Labute approximate surface area is 184 Å². The van der Waals surface area contributed by atoms with Crippen molar-refractivity contribution >= 4 is 17.5 Å². The topological polar surface area (TPSA) is 94.9 Å². The van der Waals surface area contributed by atoms with Crippen LogP contribution in [0.2, 0.25) is 0 Å². The Morgan fingerprint density at radius 3 is 2.39 bits per heavy atom. The Balaban J connectivity index is 1.78. The lowest BCUT2D eigenvalue weighted by Gasteiger charge is -2.13. The number of nitrogens with zero attached hydrogens (tertiary/aromatic N) is 3. The Kier molecular flexibility index (Phi) is 5.46. The summed E-state index contributed by atoms with van der Waals surface area (Å²) in [6, 6.07) is 11.0. The highest BCUT2D eigenvalue weighted by molar-refractivity contribution is 6.07. The summed E-state index contributed by atoms with van der Waals surface area (Å²) in [5.74, 6) is -2.28. The molecular weight excluding hydrogens is 442 g/mol. The highest BCUT2D eigenvalue weighted by Gasteiger charge is 2.31. The molecule has 4 rings (SSSR count). The molecule has 0 aliphatic carbocycles. The minimum atomic E-state index is -4.57. The Morgan fingerprint density at radius 1 is 1.00 bits per heavy atom. The molecule has 33 heavy (non-hydrogen) atoms. The monoisotopic (exact) mass is 457 g/mol. The van der Waals surface area contributed by atoms with Gasteiger partial charge in [-0.25, -0.2) is 9.07 Å². The van der Waals surface area contributed by atoms with Gasteiger partial charge in [-0.2, -0.15) is 18.3 Å². The van der Waals surface area contributed by atoms with Gasteiger partial charge in [-0.1, -0.05) is 6.07 Å². The van der Waals surface area contributed by atoms with Gasteiger partial charge in [0.25, 0.3) is 5.91 Å². The minimum Gasteiger partial charge on any atom is -0.366 e. The second-order valence-corrected chi connectivity index (χ2v) is 6.95. The SMILES string of the molecule is NC(=O)c1ccc(F)c(NC(=O)c2cnn(-c3cccc(C(F)(F)F)c3)c2-n2cccc2)c1. The molecule has 7 nitrogen and oxygen atoms in total. The molecule has 0 saturated carbocycles. The lowest BCUT2D eigenvalue weighted by Crippen LogP contribution is -2.17. The average molecular weight is 457 g/mol. The highest BCUT2D eigenvalue weighted by atomic mass is 19.4. The van der Waals surface area contributed by atoms with E-state index in [-0.39, 0.29) is 28.3 Å². The summed E-state index contributed by atoms with van der Waals surface area (Å²) in [6.07, 6.45) is -0.265. The Bertz CT molecular complexity index is 1340. The number of nitrogens with one attached hydrogen (secondary N) is 1. The number of hydrogen-bond acceptors (Lipinski definition) is 3. The van der Waals surface area contributed by atoms with Gasteiger partial charge in [0.2, 0.25) is 5.91 Å². The zero-order valence-corrected chi connectivity index (χ0v) is 16.7. The molecule has 3 N–H and O–H groups in total. The van der Waals surface area contributed by atoms with Crippen molar-refractivity contribution in [1.29, 1.82) is 0 Å². The molecule has 4 aromatic rings. The number of alkyl halides is 3. The molecule has 0 aliphatic heterocycles. The summed E-state index contributed by atoms with van der Waals surface area (Å²) in [6.45, 7) is 0. The molecule has 0 aliphatic rings. The fraction of sp³-hybridized carbons (Fsp3) is 0.0455. The standard InChI is InChI=1S/C22H15F4N5O2/c23-17-7-6-13(19(27)32)10-18(17)29-20(33)16-12-28-31(21(16)30-8-1-2-9-30)15-5-3-4-14(11-15)22(24,25)26/h1-12H,(H2,27,32)(H,29,33). The van der Waals surface area contributed by atoms with Crippen molar-refractivity contribution in [2.75, 3.05) is 5.32 Å². The van der Waals surface area contributed by atoms with Crippen LogP contribution in [0.4, 0.5) is 23.2 Å². The predicted octanol–water partition coefficient (Wildman–Crippen LogP) is 4.17. The number of carbonyl (C=O) groups excluding carboxylic acids is 2. The van der Waals surface area contributed by atoms with E-state index in [2.05, 4.69) is 10.4 Å². The normalized spacial score (nSPS) is 11.4. The van der Waals surface area contributed by atoms with Crippen LogP contribution in [0.5, 0.6) is 0 Å². The zero-order valence-electron chi connectivity index (χ0n) is 16.7. The second-order valence-electron chi connectivity index (χ2n) is 6.95. The molecular formula is C22H15F4N5O2. The fourth-order valence-corrected chi connectivity index (χ4v) is 3.19. The van der Waals surface area contributed by atoms with Crippen LogP contribution in [0.25, 0.3) is 11.5 Å². The summed E-state index contributed by atoms with van der Waals surface area (Å²) < 4.78 is 56.4. The van der Waals surface area contributed by atoms with Crippen LogP contribution in [0.3, 0.4) is 0 Å². The average Bonchev–Trinajstić information content (AvgIpc) is 3.44. The number of benzene rings is 2. The number of anilines is 1. The first-order valence-electron chi connectivity index (χ1n) is 9.45. The molecule has 0 saturated heterocycles. The minimum absolute atomic E-state index is 0.0167. The van der Waals surface area contributed by atoms with E-state index < -0.39 is 29.4 Å². The maximum atomic E-state index is 14.2. The van der Waals surface area contributed by atoms with Gasteiger partial charge in [-0.15, -0.1) is 0 Å². The van der Waals surface area contributed by atoms with Gasteiger partial charge in [-0.3, -0.25) is 9.59 Å². The van der Waals surface area contributed by atoms with E-state index in [0.29, 0.717) is 0 Å². The van der Waals surface area contributed by atoms with Crippen molar-refractivity contribution in [1.82, 2.24) is 14.3 Å². The summed E-state index contributed by atoms with van der Waals surface area (Å²) in [4.78, 5) is 24.4. The van der Waals surface area contributed by atoms with Gasteiger partial charge >= 0.3 is 6.18 Å². The van der Waals surface area contributed by atoms with E-state index in [0.717, 1.165) is 30.5 Å². The molecule has 0 bridgehead atoms. The van der Waals surface area contributed by atoms with Crippen LogP contribution in [-0.4, -0.2) is 26.2 Å². The van der Waals surface area contributed by atoms with Gasteiger partial charge in [0, 0.05) is 18.0 Å². The van der Waals surface area contributed by atoms with E-state index >= 15 is 0 Å². The lowest BCUT2D eigenvalue weighted by atomic mass is 10.1. The third-order valence-corrected chi connectivity index (χ3v) is 4.75. The molecule has 0 atom stereocenters. The van der Waals surface area contributed by atoms with E-state index in [9.17, 15) is 27.2 Å². The summed E-state index contributed by atoms with van der Waals surface area (Å²) >= 11 is 0. The van der Waals surface area contributed by atoms with Crippen molar-refractivity contribution in [3.05, 3.63) is 95.7 Å². The molecule has 2 aromatic carbocycles. The quantitative estimate of drug-likeness (QED) is 0.441. The molecule has 0 unspecified atom stereocenters. The number of primary amides is 1. The smallest absolute Gasteiger partial charge is 0.366 e. The van der Waals surface area contributed by atoms with Gasteiger partial charge in [0.1, 0.15) is 11.4 Å². The van der Waals surface area contributed by atoms with Crippen LogP contribution in [-0.2, 0) is 6.18 Å². The molecule has 2 amide bonds. The molecule has 11 heteroatoms. The van der Waals surface area contributed by atoms with Crippen molar-refractivity contribution in [2.24, 2.45) is 5.73 Å². The third-order valence-electron chi connectivity index (χ3n) is 4.75. The lowest BCUT2D eigenvalue weighted by molar-refractivity contribution is -0.137. The first-order chi connectivity index (χ1) is 15.6. The van der Waals surface area contributed by atoms with Crippen LogP contribution in [0, 0.1) is 5.82 Å². The molecule has 0 spiro atoms. The predicted molar refractivity (Wildman–Crippen MR) is 111 cm³/mol. The molecule has 2 aromatic heterocycles. The molecule has 0 radical (unpaired) electrons. The number of halogens is 4. The third kappa shape index (κ3) is 4.33. The van der Waals surface area contributed by atoms with Crippen LogP contribution in [0.1, 0.15) is 26.3 Å². The van der Waals surface area contributed by atoms with Gasteiger partial charge in [-0.05, 0) is 48.5 Å². The number of amides is 2. The summed E-state index contributed by atoms with van der Waals surface area (Å²) in [7, 11) is 0. The molecule has 0 fully saturated rings. The van der Waals surface area contributed by atoms with E-state index in [1.807, 2.05) is 0 Å². The van der Waals surface area contributed by atoms with Gasteiger partial charge in [0.15, 0.2) is 5.82 Å². The second kappa shape index (κ2) is 8.26. The van der Waals surface area contributed by atoms with Gasteiger partial charge in [0.05, 0.1) is 23.1 Å². The number of rotatable bonds is 5. The Hall–Kier alpha value is -4.41. The molecule has 168 valence electrons. The van der Waals surface area contributed by atoms with Crippen LogP contribution < -0.4 is 11.1 Å². The maximum absolute atomic E-state index is 14.2. The van der Waals surface area contributed by atoms with Crippen molar-refractivity contribution in [3.8, 4) is 11.5 Å². The fourth-order valence-electron chi connectivity index (χ4n) is 3.19. The largest absolute Gasteiger partial charge is 0.416 e. The van der Waals surface area contributed by atoms with Gasteiger partial charge < -0.3 is 15.6 Å². The van der Waals surface area contributed by atoms with Crippen molar-refractivity contribution < 1.29 is 27.2 Å². The maximum Gasteiger partial charge on any atom is 0.416 e. The van der Waals surface area contributed by atoms with E-state index in [4.69, 9.17) is 5.73 Å². The van der Waals surface area contributed by atoms with E-state index in [1.54, 1.807) is 24.5 Å². The number of hydrogen-bond donors (Lipinski definition) is 2. The van der Waals surface area contributed by atoms with Crippen LogP contribution in [0.15, 0.2) is 73.2 Å². The zero-order chi connectivity index (χ0) is 23.8. The van der Waals surface area contributed by atoms with Crippen molar-refractivity contribution in [2.45, 2.75) is 6.18 Å². The summed E-state index contributed by atoms with van der Waals surface area (Å²) in [5, 5.41) is 6.45. The Morgan fingerprint density at radius 2 is 1.73 bits per heavy atom. The number of carbonyl (C=O) groups is 2. The van der Waals surface area contributed by atoms with Crippen LogP contribution >= 0.6 is 0 Å². The summed E-state index contributed by atoms with van der Waals surface area (Å²) in [5.41, 5.74) is 4.03. The first-order valence-corrected chi connectivity index (χ1v) is 9.45. The highest BCUT2D eigenvalue weighted by Crippen LogP contribution is 2.31. The molecule has 2 heterocycles.